The van der Waals surface area contributed by atoms with Crippen LogP contribution in [0.3, 0.4) is 0 Å². The Balaban J connectivity index is 2.96. The highest BCUT2D eigenvalue weighted by atomic mass is 16.4. The first-order valence-corrected chi connectivity index (χ1v) is 7.96. The van der Waals surface area contributed by atoms with Crippen molar-refractivity contribution in [1.82, 2.24) is 0 Å². The Morgan fingerprint density at radius 2 is 1.45 bits per heavy atom. The fourth-order valence-electron chi connectivity index (χ4n) is 2.86. The molecule has 1 N–H and O–H groups in total. The highest BCUT2D eigenvalue weighted by molar-refractivity contribution is 5.81. The molecule has 0 saturated carbocycles. The van der Waals surface area contributed by atoms with E-state index in [9.17, 15) is 9.90 Å². The van der Waals surface area contributed by atoms with E-state index in [1.165, 1.54) is 0 Å². The Kier molecular flexibility index (Phi) is 7.35. The van der Waals surface area contributed by atoms with Crippen LogP contribution in [0.15, 0.2) is 30.3 Å². The summed E-state index contributed by atoms with van der Waals surface area (Å²) in [5, 5.41) is 9.88. The number of hydrogen-bond acceptors (Lipinski definition) is 1. The average molecular weight is 276 g/mol. The van der Waals surface area contributed by atoms with Crippen molar-refractivity contribution in [1.29, 1.82) is 0 Å². The van der Waals surface area contributed by atoms with Crippen LogP contribution in [0.4, 0.5) is 0 Å². The second kappa shape index (κ2) is 8.78. The summed E-state index contributed by atoms with van der Waals surface area (Å²) >= 11 is 0. The molecule has 1 aromatic carbocycles. The van der Waals surface area contributed by atoms with Gasteiger partial charge in [-0.3, -0.25) is 4.79 Å². The van der Waals surface area contributed by atoms with Crippen LogP contribution in [0.2, 0.25) is 0 Å². The third kappa shape index (κ3) is 4.36. The van der Waals surface area contributed by atoms with E-state index in [4.69, 9.17) is 0 Å². The minimum atomic E-state index is -0.689. The van der Waals surface area contributed by atoms with Gasteiger partial charge in [-0.15, -0.1) is 0 Å². The van der Waals surface area contributed by atoms with Crippen LogP contribution >= 0.6 is 0 Å². The topological polar surface area (TPSA) is 37.3 Å². The van der Waals surface area contributed by atoms with Gasteiger partial charge < -0.3 is 5.11 Å². The molecule has 1 rings (SSSR count). The van der Waals surface area contributed by atoms with Gasteiger partial charge in [0.2, 0.25) is 0 Å². The maximum Gasteiger partial charge on any atom is 0.314 e. The van der Waals surface area contributed by atoms with Crippen molar-refractivity contribution in [2.24, 2.45) is 0 Å². The number of rotatable bonds is 10. The summed E-state index contributed by atoms with van der Waals surface area (Å²) in [6, 6.07) is 9.81. The zero-order chi connectivity index (χ0) is 14.8. The molecule has 0 unspecified atom stereocenters. The van der Waals surface area contributed by atoms with Crippen LogP contribution < -0.4 is 0 Å². The number of carboxylic acids is 1. The molecule has 0 heterocycles. The van der Waals surface area contributed by atoms with Crippen LogP contribution in [0.5, 0.6) is 0 Å². The summed E-state index contributed by atoms with van der Waals surface area (Å²) in [5.74, 6) is -0.657. The maximum absolute atomic E-state index is 12.0. The molecule has 0 aromatic heterocycles. The molecule has 112 valence electrons. The number of aliphatic carboxylic acids is 1. The summed E-state index contributed by atoms with van der Waals surface area (Å²) in [4.78, 5) is 12.0. The molecule has 0 fully saturated rings. The Labute approximate surface area is 123 Å². The van der Waals surface area contributed by atoms with Gasteiger partial charge in [-0.1, -0.05) is 82.7 Å². The van der Waals surface area contributed by atoms with Crippen molar-refractivity contribution in [2.75, 3.05) is 0 Å². The minimum Gasteiger partial charge on any atom is -0.481 e. The SMILES string of the molecule is CCCCCC(CCCCC)(C(=O)O)c1ccccc1. The second-order valence-electron chi connectivity index (χ2n) is 5.67. The quantitative estimate of drug-likeness (QED) is 0.599. The van der Waals surface area contributed by atoms with E-state index in [1.807, 2.05) is 30.3 Å². The molecule has 0 saturated heterocycles. The first kappa shape index (κ1) is 16.7. The van der Waals surface area contributed by atoms with E-state index in [0.29, 0.717) is 0 Å². The molecule has 2 heteroatoms. The third-order valence-corrected chi connectivity index (χ3v) is 4.15. The molecule has 0 bridgehead atoms. The highest BCUT2D eigenvalue weighted by Crippen LogP contribution is 2.36. The smallest absolute Gasteiger partial charge is 0.314 e. The van der Waals surface area contributed by atoms with E-state index in [0.717, 1.165) is 56.9 Å². The largest absolute Gasteiger partial charge is 0.481 e. The fraction of sp³-hybridized carbons (Fsp3) is 0.611. The average Bonchev–Trinajstić information content (AvgIpc) is 2.46. The molecule has 0 aliphatic heterocycles. The van der Waals surface area contributed by atoms with Gasteiger partial charge >= 0.3 is 5.97 Å². The van der Waals surface area contributed by atoms with Gasteiger partial charge in [-0.05, 0) is 18.4 Å². The lowest BCUT2D eigenvalue weighted by atomic mass is 9.72. The predicted molar refractivity (Wildman–Crippen MR) is 84.0 cm³/mol. The number of benzene rings is 1. The van der Waals surface area contributed by atoms with Crippen LogP contribution in [-0.2, 0) is 10.2 Å². The van der Waals surface area contributed by atoms with E-state index >= 15 is 0 Å². The van der Waals surface area contributed by atoms with Gasteiger partial charge in [0.15, 0.2) is 0 Å². The van der Waals surface area contributed by atoms with Gasteiger partial charge in [-0.25, -0.2) is 0 Å². The minimum absolute atomic E-state index is 0.657. The number of carboxylic acid groups (broad SMARTS) is 1. The van der Waals surface area contributed by atoms with Gasteiger partial charge in [0.1, 0.15) is 0 Å². The Bertz CT molecular complexity index is 374. The van der Waals surface area contributed by atoms with Gasteiger partial charge in [-0.2, -0.15) is 0 Å². The monoisotopic (exact) mass is 276 g/mol. The molecule has 0 amide bonds. The van der Waals surface area contributed by atoms with Crippen molar-refractivity contribution >= 4 is 5.97 Å². The number of unbranched alkanes of at least 4 members (excludes halogenated alkanes) is 4. The van der Waals surface area contributed by atoms with Crippen LogP contribution in [0, 0.1) is 0 Å². The van der Waals surface area contributed by atoms with Crippen molar-refractivity contribution in [3.63, 3.8) is 0 Å². The second-order valence-corrected chi connectivity index (χ2v) is 5.67. The first-order chi connectivity index (χ1) is 9.67. The van der Waals surface area contributed by atoms with Crippen molar-refractivity contribution in [2.45, 2.75) is 70.6 Å². The summed E-state index contributed by atoms with van der Waals surface area (Å²) < 4.78 is 0. The van der Waals surface area contributed by atoms with Gasteiger partial charge in [0.25, 0.3) is 0 Å². The van der Waals surface area contributed by atoms with E-state index < -0.39 is 11.4 Å². The van der Waals surface area contributed by atoms with Crippen LogP contribution in [-0.4, -0.2) is 11.1 Å². The molecule has 2 nitrogen and oxygen atoms in total. The van der Waals surface area contributed by atoms with Gasteiger partial charge in [0.05, 0.1) is 5.41 Å². The van der Waals surface area contributed by atoms with Crippen molar-refractivity contribution in [3.8, 4) is 0 Å². The molecule has 0 atom stereocenters. The lowest BCUT2D eigenvalue weighted by Crippen LogP contribution is -2.36. The molecule has 0 spiro atoms. The third-order valence-electron chi connectivity index (χ3n) is 4.15. The molecule has 0 aliphatic rings. The van der Waals surface area contributed by atoms with E-state index in [1.54, 1.807) is 0 Å². The Morgan fingerprint density at radius 1 is 0.950 bits per heavy atom. The van der Waals surface area contributed by atoms with Crippen LogP contribution in [0.1, 0.15) is 70.8 Å². The number of carbonyl (C=O) groups is 1. The van der Waals surface area contributed by atoms with Crippen molar-refractivity contribution < 1.29 is 9.90 Å². The predicted octanol–water partition coefficient (Wildman–Crippen LogP) is 5.17. The zero-order valence-corrected chi connectivity index (χ0v) is 12.9. The Morgan fingerprint density at radius 3 is 1.85 bits per heavy atom. The van der Waals surface area contributed by atoms with E-state index in [-0.39, 0.29) is 0 Å². The lowest BCUT2D eigenvalue weighted by molar-refractivity contribution is -0.144. The summed E-state index contributed by atoms with van der Waals surface area (Å²) in [5.41, 5.74) is 0.283. The lowest BCUT2D eigenvalue weighted by Gasteiger charge is -2.30. The fourth-order valence-corrected chi connectivity index (χ4v) is 2.86. The zero-order valence-electron chi connectivity index (χ0n) is 12.9. The summed E-state index contributed by atoms with van der Waals surface area (Å²) in [6.45, 7) is 4.31. The highest BCUT2D eigenvalue weighted by Gasteiger charge is 2.38. The normalized spacial score (nSPS) is 11.5. The van der Waals surface area contributed by atoms with Crippen molar-refractivity contribution in [3.05, 3.63) is 35.9 Å². The molecular weight excluding hydrogens is 248 g/mol. The summed E-state index contributed by atoms with van der Waals surface area (Å²) in [7, 11) is 0. The standard InChI is InChI=1S/C18H28O2/c1-3-5-10-14-18(17(19)20,15-11-6-4-2)16-12-8-7-9-13-16/h7-9,12-13H,3-6,10-11,14-15H2,1-2H3,(H,19,20). The molecule has 0 aliphatic carbocycles. The molecule has 20 heavy (non-hydrogen) atoms. The van der Waals surface area contributed by atoms with E-state index in [2.05, 4.69) is 13.8 Å². The molecular formula is C18H28O2. The van der Waals surface area contributed by atoms with Gasteiger partial charge in [0, 0.05) is 0 Å². The number of hydrogen-bond donors (Lipinski definition) is 1. The maximum atomic E-state index is 12.0. The first-order valence-electron chi connectivity index (χ1n) is 7.96. The van der Waals surface area contributed by atoms with Crippen LogP contribution in [0.25, 0.3) is 0 Å². The Hall–Kier alpha value is -1.31. The molecule has 0 radical (unpaired) electrons. The molecule has 1 aromatic rings. The summed E-state index contributed by atoms with van der Waals surface area (Å²) in [6.07, 6.45) is 7.95.